The molecule has 1 atom stereocenters. The Balaban J connectivity index is 0.00000147. The smallest absolute Gasteiger partial charge is 0.217 e. The Hall–Kier alpha value is -0.330. The Bertz CT molecular complexity index is 575. The molecule has 0 spiro atoms. The van der Waals surface area contributed by atoms with Gasteiger partial charge in [0.1, 0.15) is 0 Å². The van der Waals surface area contributed by atoms with Gasteiger partial charge in [0, 0.05) is 24.7 Å². The molecule has 1 unspecified atom stereocenters. The maximum atomic E-state index is 12.5. The maximum Gasteiger partial charge on any atom is 0.217 e. The fourth-order valence-electron chi connectivity index (χ4n) is 2.55. The van der Waals surface area contributed by atoms with Gasteiger partial charge in [-0.3, -0.25) is 0 Å². The summed E-state index contributed by atoms with van der Waals surface area (Å²) in [5.74, 6) is 0. The zero-order valence-corrected chi connectivity index (χ0v) is 13.3. The van der Waals surface area contributed by atoms with E-state index in [9.17, 15) is 8.42 Å². The third-order valence-corrected chi connectivity index (χ3v) is 6.34. The summed E-state index contributed by atoms with van der Waals surface area (Å²) in [4.78, 5) is 0. The largest absolute Gasteiger partial charge is 0.313 e. The number of nitrogens with one attached hydrogen (secondary N) is 1. The zero-order chi connectivity index (χ0) is 13.5. The molecule has 1 aliphatic heterocycles. The van der Waals surface area contributed by atoms with Crippen LogP contribution >= 0.6 is 24.0 Å². The molecule has 7 heteroatoms. The molecule has 1 saturated heterocycles. The van der Waals surface area contributed by atoms with Crippen molar-refractivity contribution in [3.63, 3.8) is 0 Å². The lowest BCUT2D eigenvalue weighted by atomic mass is 10.1. The number of hydrogen-bond donors (Lipinski definition) is 1. The van der Waals surface area contributed by atoms with Crippen LogP contribution in [0.15, 0.2) is 24.3 Å². The highest BCUT2D eigenvalue weighted by Crippen LogP contribution is 2.36. The summed E-state index contributed by atoms with van der Waals surface area (Å²) < 4.78 is 26.6. The SMILES string of the molecule is Cl.O=S(=O)(C1CC1)N1CCNCC1c1cccc(Cl)c1. The molecule has 2 aliphatic rings. The molecular formula is C13H18Cl2N2O2S. The van der Waals surface area contributed by atoms with Gasteiger partial charge >= 0.3 is 0 Å². The number of halogens is 2. The zero-order valence-electron chi connectivity index (χ0n) is 11.0. The summed E-state index contributed by atoms with van der Waals surface area (Å²) in [7, 11) is -3.15. The third-order valence-electron chi connectivity index (χ3n) is 3.70. The minimum Gasteiger partial charge on any atom is -0.313 e. The molecule has 0 radical (unpaired) electrons. The summed E-state index contributed by atoms with van der Waals surface area (Å²) >= 11 is 6.01. The predicted molar refractivity (Wildman–Crippen MR) is 83.0 cm³/mol. The molecule has 1 saturated carbocycles. The highest BCUT2D eigenvalue weighted by atomic mass is 35.5. The number of nitrogens with zero attached hydrogens (tertiary/aromatic N) is 1. The quantitative estimate of drug-likeness (QED) is 0.920. The molecule has 1 N–H and O–H groups in total. The highest BCUT2D eigenvalue weighted by Gasteiger charge is 2.43. The van der Waals surface area contributed by atoms with Crippen molar-refractivity contribution in [3.8, 4) is 0 Å². The van der Waals surface area contributed by atoms with Crippen LogP contribution in [0.5, 0.6) is 0 Å². The second-order valence-corrected chi connectivity index (χ2v) is 7.73. The lowest BCUT2D eigenvalue weighted by molar-refractivity contribution is 0.271. The van der Waals surface area contributed by atoms with Gasteiger partial charge in [-0.05, 0) is 30.5 Å². The van der Waals surface area contributed by atoms with Gasteiger partial charge in [0.15, 0.2) is 0 Å². The third kappa shape index (κ3) is 3.12. The van der Waals surface area contributed by atoms with Crippen LogP contribution in [0.2, 0.25) is 5.02 Å². The fourth-order valence-corrected chi connectivity index (χ4v) is 4.76. The molecule has 1 aromatic rings. The van der Waals surface area contributed by atoms with Crippen molar-refractivity contribution in [1.82, 2.24) is 9.62 Å². The van der Waals surface area contributed by atoms with Gasteiger partial charge in [0.25, 0.3) is 0 Å². The van der Waals surface area contributed by atoms with E-state index in [4.69, 9.17) is 11.6 Å². The fraction of sp³-hybridized carbons (Fsp3) is 0.538. The van der Waals surface area contributed by atoms with E-state index in [0.29, 0.717) is 24.7 Å². The first-order valence-electron chi connectivity index (χ1n) is 6.56. The van der Waals surface area contributed by atoms with Crippen molar-refractivity contribution in [2.24, 2.45) is 0 Å². The van der Waals surface area contributed by atoms with E-state index in [0.717, 1.165) is 18.4 Å². The van der Waals surface area contributed by atoms with Crippen LogP contribution < -0.4 is 5.32 Å². The summed E-state index contributed by atoms with van der Waals surface area (Å²) in [6.45, 7) is 1.89. The van der Waals surface area contributed by atoms with Gasteiger partial charge in [-0.25, -0.2) is 8.42 Å². The monoisotopic (exact) mass is 336 g/mol. The van der Waals surface area contributed by atoms with E-state index in [-0.39, 0.29) is 23.7 Å². The van der Waals surface area contributed by atoms with Crippen molar-refractivity contribution in [1.29, 1.82) is 0 Å². The van der Waals surface area contributed by atoms with E-state index in [2.05, 4.69) is 5.32 Å². The number of rotatable bonds is 3. The molecule has 0 aromatic heterocycles. The minimum absolute atomic E-state index is 0. The Labute approximate surface area is 131 Å². The van der Waals surface area contributed by atoms with Crippen molar-refractivity contribution in [3.05, 3.63) is 34.9 Å². The molecule has 1 aromatic carbocycles. The average molecular weight is 337 g/mol. The molecular weight excluding hydrogens is 319 g/mol. The second kappa shape index (κ2) is 6.20. The Morgan fingerprint density at radius 3 is 2.70 bits per heavy atom. The highest BCUT2D eigenvalue weighted by molar-refractivity contribution is 7.90. The molecule has 0 bridgehead atoms. The Morgan fingerprint density at radius 1 is 1.30 bits per heavy atom. The van der Waals surface area contributed by atoms with Crippen LogP contribution in [0.1, 0.15) is 24.4 Å². The predicted octanol–water partition coefficient (Wildman–Crippen LogP) is 2.20. The first-order chi connectivity index (χ1) is 9.09. The van der Waals surface area contributed by atoms with Crippen LogP contribution in [0.4, 0.5) is 0 Å². The van der Waals surface area contributed by atoms with Crippen LogP contribution in [0, 0.1) is 0 Å². The Kier molecular flexibility index (Phi) is 4.97. The molecule has 2 fully saturated rings. The Morgan fingerprint density at radius 2 is 2.05 bits per heavy atom. The molecule has 1 aliphatic carbocycles. The number of hydrogen-bond acceptors (Lipinski definition) is 3. The second-order valence-electron chi connectivity index (χ2n) is 5.13. The van der Waals surface area contributed by atoms with Crippen LogP contribution in [0.25, 0.3) is 0 Å². The van der Waals surface area contributed by atoms with E-state index in [1.165, 1.54) is 0 Å². The van der Waals surface area contributed by atoms with Gasteiger partial charge in [0.2, 0.25) is 10.0 Å². The average Bonchev–Trinajstić information content (AvgIpc) is 3.23. The standard InChI is InChI=1S/C13H17ClN2O2S.ClH/c14-11-3-1-2-10(8-11)13-9-15-6-7-16(13)19(17,18)12-4-5-12;/h1-3,8,12-13,15H,4-7,9H2;1H. The van der Waals surface area contributed by atoms with Gasteiger partial charge in [-0.2, -0.15) is 4.31 Å². The number of benzene rings is 1. The molecule has 0 amide bonds. The minimum atomic E-state index is -3.15. The lowest BCUT2D eigenvalue weighted by Crippen LogP contribution is -2.49. The maximum absolute atomic E-state index is 12.5. The van der Waals surface area contributed by atoms with Crippen molar-refractivity contribution in [2.75, 3.05) is 19.6 Å². The molecule has 20 heavy (non-hydrogen) atoms. The number of piperazine rings is 1. The topological polar surface area (TPSA) is 49.4 Å². The summed E-state index contributed by atoms with van der Waals surface area (Å²) in [6, 6.07) is 7.33. The molecule has 1 heterocycles. The molecule has 112 valence electrons. The first kappa shape index (κ1) is 16.0. The van der Waals surface area contributed by atoms with E-state index < -0.39 is 10.0 Å². The summed E-state index contributed by atoms with van der Waals surface area (Å²) in [6.07, 6.45) is 1.60. The van der Waals surface area contributed by atoms with Crippen molar-refractivity contribution in [2.45, 2.75) is 24.1 Å². The van der Waals surface area contributed by atoms with Crippen LogP contribution in [0.3, 0.4) is 0 Å². The summed E-state index contributed by atoms with van der Waals surface area (Å²) in [5, 5.41) is 3.75. The van der Waals surface area contributed by atoms with Gasteiger partial charge in [-0.1, -0.05) is 23.7 Å². The van der Waals surface area contributed by atoms with Crippen LogP contribution in [-0.4, -0.2) is 37.6 Å². The van der Waals surface area contributed by atoms with Crippen LogP contribution in [-0.2, 0) is 10.0 Å². The van der Waals surface area contributed by atoms with Gasteiger partial charge < -0.3 is 5.32 Å². The van der Waals surface area contributed by atoms with Gasteiger partial charge in [-0.15, -0.1) is 12.4 Å². The van der Waals surface area contributed by atoms with E-state index in [1.807, 2.05) is 18.2 Å². The number of sulfonamides is 1. The van der Waals surface area contributed by atoms with E-state index in [1.54, 1.807) is 10.4 Å². The van der Waals surface area contributed by atoms with Crippen molar-refractivity contribution >= 4 is 34.0 Å². The first-order valence-corrected chi connectivity index (χ1v) is 8.44. The van der Waals surface area contributed by atoms with Gasteiger partial charge in [0.05, 0.1) is 11.3 Å². The van der Waals surface area contributed by atoms with Crippen molar-refractivity contribution < 1.29 is 8.42 Å². The van der Waals surface area contributed by atoms with E-state index >= 15 is 0 Å². The molecule has 4 nitrogen and oxygen atoms in total. The normalized spacial score (nSPS) is 24.1. The molecule has 3 rings (SSSR count). The summed E-state index contributed by atoms with van der Waals surface area (Å²) in [5.41, 5.74) is 0.962. The lowest BCUT2D eigenvalue weighted by Gasteiger charge is -2.35.